The van der Waals surface area contributed by atoms with E-state index in [0.717, 1.165) is 17.4 Å². The third-order valence-electron chi connectivity index (χ3n) is 6.30. The predicted octanol–water partition coefficient (Wildman–Crippen LogP) is 4.94. The molecule has 0 amide bonds. The molecule has 0 heterocycles. The summed E-state index contributed by atoms with van der Waals surface area (Å²) in [6.07, 6.45) is 10.5. The van der Waals surface area contributed by atoms with Crippen LogP contribution in [-0.2, 0) is 4.74 Å². The zero-order valence-corrected chi connectivity index (χ0v) is 15.0. The molecule has 0 aromatic heterocycles. The van der Waals surface area contributed by atoms with Gasteiger partial charge >= 0.3 is 0 Å². The molecule has 3 rings (SSSR count). The average molecular weight is 333 g/mol. The number of halogens is 1. The van der Waals surface area contributed by atoms with Crippen LogP contribution in [0.2, 0.25) is 0 Å². The van der Waals surface area contributed by atoms with Crippen molar-refractivity contribution < 1.29 is 9.13 Å². The highest BCUT2D eigenvalue weighted by atomic mass is 19.1. The van der Waals surface area contributed by atoms with Crippen molar-refractivity contribution in [1.82, 2.24) is 0 Å². The maximum absolute atomic E-state index is 13.8. The van der Waals surface area contributed by atoms with Gasteiger partial charge in [-0.2, -0.15) is 0 Å². The summed E-state index contributed by atoms with van der Waals surface area (Å²) in [5, 5.41) is 0. The summed E-state index contributed by atoms with van der Waals surface area (Å²) < 4.78 is 19.6. The molecule has 0 unspecified atom stereocenters. The van der Waals surface area contributed by atoms with Crippen LogP contribution in [-0.4, -0.2) is 19.3 Å². The van der Waals surface area contributed by atoms with E-state index in [1.807, 2.05) is 13.0 Å². The molecule has 134 valence electrons. The minimum Gasteiger partial charge on any atom is -0.377 e. The molecule has 0 saturated heterocycles. The molecule has 3 heteroatoms. The summed E-state index contributed by atoms with van der Waals surface area (Å²) in [4.78, 5) is 0. The van der Waals surface area contributed by atoms with Gasteiger partial charge in [-0.15, -0.1) is 0 Å². The van der Waals surface area contributed by atoms with Crippen molar-refractivity contribution in [3.8, 4) is 0 Å². The molecule has 24 heavy (non-hydrogen) atoms. The highest BCUT2D eigenvalue weighted by Gasteiger charge is 2.31. The van der Waals surface area contributed by atoms with Crippen molar-refractivity contribution in [3.05, 3.63) is 35.1 Å². The molecule has 2 aliphatic rings. The average Bonchev–Trinajstić information content (AvgIpc) is 2.63. The normalized spacial score (nSPS) is 31.1. The molecule has 0 aliphatic heterocycles. The summed E-state index contributed by atoms with van der Waals surface area (Å²) >= 11 is 0. The summed E-state index contributed by atoms with van der Waals surface area (Å²) in [5.74, 6) is 2.25. The molecule has 2 fully saturated rings. The number of nitrogens with two attached hydrogens (primary N) is 1. The van der Waals surface area contributed by atoms with Crippen LogP contribution in [0.25, 0.3) is 0 Å². The van der Waals surface area contributed by atoms with Crippen LogP contribution in [0.1, 0.15) is 68.4 Å². The Hall–Kier alpha value is -0.930. The highest BCUT2D eigenvalue weighted by molar-refractivity contribution is 5.26. The highest BCUT2D eigenvalue weighted by Crippen LogP contribution is 2.43. The molecule has 0 spiro atoms. The van der Waals surface area contributed by atoms with Crippen LogP contribution in [0, 0.1) is 24.6 Å². The Bertz CT molecular complexity index is 517. The van der Waals surface area contributed by atoms with Gasteiger partial charge in [0.15, 0.2) is 0 Å². The fraction of sp³-hybridized carbons (Fsp3) is 0.714. The lowest BCUT2D eigenvalue weighted by Crippen LogP contribution is -2.29. The second kappa shape index (κ2) is 8.44. The molecular weight excluding hydrogens is 301 g/mol. The number of hydrogen-bond acceptors (Lipinski definition) is 2. The first-order valence-corrected chi connectivity index (χ1v) is 9.75. The monoisotopic (exact) mass is 333 g/mol. The molecule has 1 aromatic rings. The van der Waals surface area contributed by atoms with E-state index in [1.165, 1.54) is 56.9 Å². The molecule has 2 N–H and O–H groups in total. The van der Waals surface area contributed by atoms with Gasteiger partial charge in [-0.1, -0.05) is 12.1 Å². The number of ether oxygens (including phenoxy) is 1. The van der Waals surface area contributed by atoms with Crippen LogP contribution in [0.4, 0.5) is 4.39 Å². The second-order valence-corrected chi connectivity index (χ2v) is 7.82. The van der Waals surface area contributed by atoms with Crippen LogP contribution in [0.3, 0.4) is 0 Å². The quantitative estimate of drug-likeness (QED) is 0.828. The largest absolute Gasteiger partial charge is 0.377 e. The summed E-state index contributed by atoms with van der Waals surface area (Å²) in [6, 6.07) is 5.82. The molecular formula is C21H32FNO. The van der Waals surface area contributed by atoms with E-state index in [2.05, 4.69) is 6.07 Å². The number of hydrogen-bond donors (Lipinski definition) is 1. The third-order valence-corrected chi connectivity index (χ3v) is 6.30. The molecule has 0 radical (unpaired) electrons. The van der Waals surface area contributed by atoms with Gasteiger partial charge in [0, 0.05) is 6.54 Å². The number of rotatable bonds is 5. The maximum Gasteiger partial charge on any atom is 0.126 e. The molecule has 2 saturated carbocycles. The van der Waals surface area contributed by atoms with Crippen molar-refractivity contribution in [2.75, 3.05) is 13.2 Å². The molecule has 2 aliphatic carbocycles. The van der Waals surface area contributed by atoms with Crippen molar-refractivity contribution in [2.24, 2.45) is 17.6 Å². The van der Waals surface area contributed by atoms with Crippen LogP contribution in [0.15, 0.2) is 18.2 Å². The van der Waals surface area contributed by atoms with Crippen molar-refractivity contribution >= 4 is 0 Å². The summed E-state index contributed by atoms with van der Waals surface area (Å²) in [5.41, 5.74) is 7.48. The van der Waals surface area contributed by atoms with Gasteiger partial charge in [0.25, 0.3) is 0 Å². The van der Waals surface area contributed by atoms with E-state index in [1.54, 1.807) is 6.07 Å². The van der Waals surface area contributed by atoms with Crippen LogP contribution >= 0.6 is 0 Å². The molecule has 1 aromatic carbocycles. The topological polar surface area (TPSA) is 35.2 Å². The first kappa shape index (κ1) is 17.9. The van der Waals surface area contributed by atoms with Gasteiger partial charge in [-0.3, -0.25) is 0 Å². The van der Waals surface area contributed by atoms with E-state index >= 15 is 0 Å². The minimum absolute atomic E-state index is 0.0505. The Morgan fingerprint density at radius 3 is 2.21 bits per heavy atom. The fourth-order valence-electron chi connectivity index (χ4n) is 4.75. The lowest BCUT2D eigenvalue weighted by atomic mass is 9.69. The van der Waals surface area contributed by atoms with E-state index < -0.39 is 0 Å². The fourth-order valence-corrected chi connectivity index (χ4v) is 4.75. The maximum atomic E-state index is 13.8. The summed E-state index contributed by atoms with van der Waals surface area (Å²) in [6.45, 7) is 3.17. The molecule has 0 bridgehead atoms. The lowest BCUT2D eigenvalue weighted by molar-refractivity contribution is 0.0118. The standard InChI is InChI=1S/C21H32FNO/c1-15-2-3-19(14-21(15)22)18-6-4-16(5-7-18)17-8-10-20(11-9-17)24-13-12-23/h2-3,14,16-18,20H,4-13,23H2,1H3. The summed E-state index contributed by atoms with van der Waals surface area (Å²) in [7, 11) is 0. The Kier molecular flexibility index (Phi) is 6.29. The first-order valence-electron chi connectivity index (χ1n) is 9.75. The minimum atomic E-state index is -0.0505. The van der Waals surface area contributed by atoms with Gasteiger partial charge < -0.3 is 10.5 Å². The van der Waals surface area contributed by atoms with E-state index in [4.69, 9.17) is 10.5 Å². The first-order chi connectivity index (χ1) is 11.7. The van der Waals surface area contributed by atoms with Gasteiger partial charge in [-0.05, 0) is 93.2 Å². The van der Waals surface area contributed by atoms with E-state index in [-0.39, 0.29) is 5.82 Å². The van der Waals surface area contributed by atoms with E-state index in [0.29, 0.717) is 25.2 Å². The smallest absolute Gasteiger partial charge is 0.126 e. The van der Waals surface area contributed by atoms with Crippen molar-refractivity contribution in [3.63, 3.8) is 0 Å². The van der Waals surface area contributed by atoms with Gasteiger partial charge in [0.2, 0.25) is 0 Å². The molecule has 2 nitrogen and oxygen atoms in total. The zero-order valence-electron chi connectivity index (χ0n) is 15.0. The SMILES string of the molecule is Cc1ccc(C2CCC(C3CCC(OCCN)CC3)CC2)cc1F. The number of aryl methyl sites for hydroxylation is 1. The van der Waals surface area contributed by atoms with Crippen molar-refractivity contribution in [2.45, 2.75) is 70.3 Å². The second-order valence-electron chi connectivity index (χ2n) is 7.82. The Labute approximate surface area is 146 Å². The van der Waals surface area contributed by atoms with Gasteiger partial charge in [-0.25, -0.2) is 4.39 Å². The van der Waals surface area contributed by atoms with Gasteiger partial charge in [0.1, 0.15) is 5.82 Å². The number of benzene rings is 1. The van der Waals surface area contributed by atoms with Gasteiger partial charge in [0.05, 0.1) is 12.7 Å². The van der Waals surface area contributed by atoms with E-state index in [9.17, 15) is 4.39 Å². The third kappa shape index (κ3) is 4.37. The Balaban J connectivity index is 1.46. The van der Waals surface area contributed by atoms with Crippen LogP contribution < -0.4 is 5.73 Å². The van der Waals surface area contributed by atoms with Crippen LogP contribution in [0.5, 0.6) is 0 Å². The Morgan fingerprint density at radius 1 is 1.00 bits per heavy atom. The zero-order chi connectivity index (χ0) is 16.9. The lowest BCUT2D eigenvalue weighted by Gasteiger charge is -2.38. The molecule has 0 atom stereocenters. The van der Waals surface area contributed by atoms with Crippen molar-refractivity contribution in [1.29, 1.82) is 0 Å². The Morgan fingerprint density at radius 2 is 1.62 bits per heavy atom. The predicted molar refractivity (Wildman–Crippen MR) is 96.6 cm³/mol.